The number of para-hydroxylation sites is 1. The van der Waals surface area contributed by atoms with E-state index in [-0.39, 0.29) is 12.0 Å². The van der Waals surface area contributed by atoms with Crippen molar-refractivity contribution in [2.24, 2.45) is 0 Å². The van der Waals surface area contributed by atoms with Gasteiger partial charge in [0.2, 0.25) is 0 Å². The molecule has 9 rings (SSSR count). The fraction of sp³-hybridized carbons (Fsp3) is 0.0455. The van der Waals surface area contributed by atoms with Crippen LogP contribution in [0.2, 0.25) is 0 Å². The molecular formula is C44H32N4. The Labute approximate surface area is 280 Å². The van der Waals surface area contributed by atoms with Gasteiger partial charge < -0.3 is 4.90 Å². The SMILES string of the molecule is C1=CC2c3ccccc3N(c3cc(-c4nc(-c5ccccc5)n[nH]4)ccc3-c3cccc(-c4cccc(-c5ccccc5)c4)c3)C2C=C1. The predicted octanol–water partition coefficient (Wildman–Crippen LogP) is 10.9. The molecule has 1 aliphatic heterocycles. The molecule has 0 fully saturated rings. The lowest BCUT2D eigenvalue weighted by molar-refractivity contribution is 0.745. The molecule has 1 aromatic heterocycles. The monoisotopic (exact) mass is 616 g/mol. The summed E-state index contributed by atoms with van der Waals surface area (Å²) in [5.41, 5.74) is 12.8. The fourth-order valence-corrected chi connectivity index (χ4v) is 7.17. The van der Waals surface area contributed by atoms with Gasteiger partial charge in [-0.15, -0.1) is 0 Å². The van der Waals surface area contributed by atoms with Gasteiger partial charge in [-0.05, 0) is 57.6 Å². The first kappa shape index (κ1) is 28.0. The molecule has 0 radical (unpaired) electrons. The summed E-state index contributed by atoms with van der Waals surface area (Å²) in [7, 11) is 0. The number of fused-ring (bicyclic) bond motifs is 3. The maximum Gasteiger partial charge on any atom is 0.181 e. The lowest BCUT2D eigenvalue weighted by atomic mass is 9.91. The van der Waals surface area contributed by atoms with Crippen LogP contribution in [0.1, 0.15) is 11.5 Å². The van der Waals surface area contributed by atoms with Crippen LogP contribution in [0.3, 0.4) is 0 Å². The second kappa shape index (κ2) is 11.8. The average molecular weight is 617 g/mol. The second-order valence-corrected chi connectivity index (χ2v) is 12.3. The number of hydrogen-bond donors (Lipinski definition) is 1. The Hall–Kier alpha value is -6.26. The summed E-state index contributed by atoms with van der Waals surface area (Å²) >= 11 is 0. The van der Waals surface area contributed by atoms with E-state index in [1.54, 1.807) is 0 Å². The summed E-state index contributed by atoms with van der Waals surface area (Å²) in [6.45, 7) is 0. The van der Waals surface area contributed by atoms with Gasteiger partial charge in [0, 0.05) is 28.3 Å². The lowest BCUT2D eigenvalue weighted by Gasteiger charge is -2.31. The summed E-state index contributed by atoms with van der Waals surface area (Å²) in [4.78, 5) is 7.43. The van der Waals surface area contributed by atoms with Crippen LogP contribution >= 0.6 is 0 Å². The molecule has 4 heteroatoms. The molecule has 0 spiro atoms. The number of aromatic amines is 1. The summed E-state index contributed by atoms with van der Waals surface area (Å²) in [5.74, 6) is 1.72. The van der Waals surface area contributed by atoms with Crippen LogP contribution in [0.15, 0.2) is 176 Å². The molecule has 0 saturated carbocycles. The van der Waals surface area contributed by atoms with Gasteiger partial charge >= 0.3 is 0 Å². The first-order valence-corrected chi connectivity index (χ1v) is 16.4. The van der Waals surface area contributed by atoms with Crippen molar-refractivity contribution in [1.82, 2.24) is 15.2 Å². The van der Waals surface area contributed by atoms with E-state index in [0.29, 0.717) is 5.82 Å². The van der Waals surface area contributed by atoms with Crippen LogP contribution in [0, 0.1) is 0 Å². The van der Waals surface area contributed by atoms with Gasteiger partial charge in [-0.25, -0.2) is 4.98 Å². The number of rotatable bonds is 6. The normalized spacial score (nSPS) is 16.1. The number of nitrogens with one attached hydrogen (secondary N) is 1. The zero-order valence-corrected chi connectivity index (χ0v) is 26.2. The van der Waals surface area contributed by atoms with E-state index >= 15 is 0 Å². The average Bonchev–Trinajstić information content (AvgIpc) is 3.80. The van der Waals surface area contributed by atoms with Crippen LogP contribution in [0.25, 0.3) is 56.2 Å². The van der Waals surface area contributed by atoms with Gasteiger partial charge in [-0.1, -0.05) is 152 Å². The number of nitrogens with zero attached hydrogens (tertiary/aromatic N) is 3. The van der Waals surface area contributed by atoms with E-state index in [1.807, 2.05) is 30.3 Å². The molecule has 1 N–H and O–H groups in total. The molecule has 2 unspecified atom stereocenters. The largest absolute Gasteiger partial charge is 0.333 e. The van der Waals surface area contributed by atoms with Crippen LogP contribution < -0.4 is 4.90 Å². The van der Waals surface area contributed by atoms with Crippen molar-refractivity contribution in [3.63, 3.8) is 0 Å². The van der Waals surface area contributed by atoms with Gasteiger partial charge in [-0.3, -0.25) is 5.10 Å². The van der Waals surface area contributed by atoms with E-state index in [0.717, 1.165) is 28.2 Å². The van der Waals surface area contributed by atoms with E-state index in [4.69, 9.17) is 4.98 Å². The van der Waals surface area contributed by atoms with Crippen molar-refractivity contribution >= 4 is 11.4 Å². The summed E-state index contributed by atoms with van der Waals surface area (Å²) in [6, 6.07) is 54.1. The molecule has 48 heavy (non-hydrogen) atoms. The number of anilines is 2. The first-order valence-electron chi connectivity index (χ1n) is 16.4. The van der Waals surface area contributed by atoms with Gasteiger partial charge in [0.25, 0.3) is 0 Å². The van der Waals surface area contributed by atoms with Crippen molar-refractivity contribution in [3.05, 3.63) is 182 Å². The maximum atomic E-state index is 4.92. The van der Waals surface area contributed by atoms with Gasteiger partial charge in [0.15, 0.2) is 11.6 Å². The Morgan fingerprint density at radius 3 is 1.90 bits per heavy atom. The molecule has 2 atom stereocenters. The van der Waals surface area contributed by atoms with Gasteiger partial charge in [0.05, 0.1) is 11.7 Å². The molecule has 6 aromatic carbocycles. The fourth-order valence-electron chi connectivity index (χ4n) is 7.17. The number of hydrogen-bond acceptors (Lipinski definition) is 3. The number of aromatic nitrogens is 3. The molecule has 1 aliphatic carbocycles. The van der Waals surface area contributed by atoms with Gasteiger partial charge in [0.1, 0.15) is 0 Å². The molecular weight excluding hydrogens is 585 g/mol. The zero-order valence-electron chi connectivity index (χ0n) is 26.2. The molecule has 0 saturated heterocycles. The van der Waals surface area contributed by atoms with Crippen molar-refractivity contribution in [2.45, 2.75) is 12.0 Å². The number of H-pyrrole nitrogens is 1. The predicted molar refractivity (Wildman–Crippen MR) is 197 cm³/mol. The number of allylic oxidation sites excluding steroid dienone is 2. The Morgan fingerprint density at radius 1 is 0.479 bits per heavy atom. The van der Waals surface area contributed by atoms with E-state index in [1.165, 1.54) is 39.1 Å². The highest BCUT2D eigenvalue weighted by Gasteiger charge is 2.38. The summed E-state index contributed by atoms with van der Waals surface area (Å²) in [5, 5.41) is 7.79. The third-order valence-electron chi connectivity index (χ3n) is 9.48. The maximum absolute atomic E-state index is 4.92. The third-order valence-corrected chi connectivity index (χ3v) is 9.48. The highest BCUT2D eigenvalue weighted by molar-refractivity contribution is 5.90. The van der Waals surface area contributed by atoms with E-state index in [9.17, 15) is 0 Å². The van der Waals surface area contributed by atoms with Crippen molar-refractivity contribution < 1.29 is 0 Å². The zero-order chi connectivity index (χ0) is 31.9. The van der Waals surface area contributed by atoms with Crippen molar-refractivity contribution in [2.75, 3.05) is 4.90 Å². The van der Waals surface area contributed by atoms with Crippen molar-refractivity contribution in [3.8, 4) is 56.2 Å². The summed E-state index contributed by atoms with van der Waals surface area (Å²) in [6.07, 6.45) is 9.00. The molecule has 7 aromatic rings. The van der Waals surface area contributed by atoms with Crippen LogP contribution in [0.4, 0.5) is 11.4 Å². The highest BCUT2D eigenvalue weighted by atomic mass is 15.2. The molecule has 2 aliphatic rings. The molecule has 2 heterocycles. The Bertz CT molecular complexity index is 2320. The third kappa shape index (κ3) is 4.95. The van der Waals surface area contributed by atoms with Crippen molar-refractivity contribution in [1.29, 1.82) is 0 Å². The van der Waals surface area contributed by atoms with Crippen LogP contribution in [-0.4, -0.2) is 21.2 Å². The smallest absolute Gasteiger partial charge is 0.181 e. The molecule has 228 valence electrons. The van der Waals surface area contributed by atoms with Gasteiger partial charge in [-0.2, -0.15) is 5.10 Å². The Kier molecular flexibility index (Phi) is 6.90. The lowest BCUT2D eigenvalue weighted by Crippen LogP contribution is -2.29. The minimum Gasteiger partial charge on any atom is -0.333 e. The standard InChI is InChI=1S/C44H32N4/c1-3-13-30(14-4-1)32-17-11-18-33(27-32)34-19-12-20-35(28-34)37-26-25-36(44-45-43(46-47-44)31-15-5-2-6-16-31)29-42(37)48-40-23-9-7-21-38(40)39-22-8-10-24-41(39)48/h1-29,38,40H,(H,45,46,47). The quantitative estimate of drug-likeness (QED) is 0.202. The topological polar surface area (TPSA) is 44.8 Å². The molecule has 4 nitrogen and oxygen atoms in total. The number of benzene rings is 6. The summed E-state index contributed by atoms with van der Waals surface area (Å²) < 4.78 is 0. The first-order chi connectivity index (χ1) is 23.8. The highest BCUT2D eigenvalue weighted by Crippen LogP contribution is 2.50. The Morgan fingerprint density at radius 2 is 1.10 bits per heavy atom. The molecule has 0 bridgehead atoms. The minimum atomic E-state index is 0.168. The minimum absolute atomic E-state index is 0.168. The second-order valence-electron chi connectivity index (χ2n) is 12.3. The van der Waals surface area contributed by atoms with Crippen LogP contribution in [-0.2, 0) is 0 Å². The molecule has 0 amide bonds. The van der Waals surface area contributed by atoms with Crippen LogP contribution in [0.5, 0.6) is 0 Å². The Balaban J connectivity index is 1.18. The van der Waals surface area contributed by atoms with E-state index < -0.39 is 0 Å². The van der Waals surface area contributed by atoms with E-state index in [2.05, 4.69) is 161 Å².